The number of fused-ring (bicyclic) bond motifs is 1. The lowest BCUT2D eigenvalue weighted by molar-refractivity contribution is -0.136. The molecule has 2 heterocycles. The highest BCUT2D eigenvalue weighted by Crippen LogP contribution is 2.51. The van der Waals surface area contributed by atoms with E-state index in [0.29, 0.717) is 5.91 Å². The molecule has 1 saturated carbocycles. The molecule has 0 aromatic carbocycles. The van der Waals surface area contributed by atoms with Crippen LogP contribution in [0.3, 0.4) is 0 Å². The largest absolute Gasteiger partial charge is 0.340 e. The van der Waals surface area contributed by atoms with E-state index in [1.54, 1.807) is 0 Å². The zero-order chi connectivity index (χ0) is 13.6. The van der Waals surface area contributed by atoms with Crippen LogP contribution in [-0.4, -0.2) is 73.5 Å². The van der Waals surface area contributed by atoms with Crippen LogP contribution in [0.5, 0.6) is 0 Å². The Bertz CT molecular complexity index is 337. The minimum atomic E-state index is 0.143. The van der Waals surface area contributed by atoms with Gasteiger partial charge in [-0.3, -0.25) is 9.69 Å². The smallest absolute Gasteiger partial charge is 0.225 e. The Morgan fingerprint density at radius 2 is 1.68 bits per heavy atom. The topological polar surface area (TPSA) is 26.8 Å². The number of hydrogen-bond donors (Lipinski definition) is 0. The van der Waals surface area contributed by atoms with Gasteiger partial charge in [0.25, 0.3) is 0 Å². The second-order valence-electron chi connectivity index (χ2n) is 6.99. The maximum absolute atomic E-state index is 11.9. The SMILES string of the molecule is CC(C)C(=O)N1CCN(CC2[C@H]3CN(C)C[C@@H]23)CC1. The molecule has 19 heavy (non-hydrogen) atoms. The number of nitrogens with zero attached hydrogens (tertiary/aromatic N) is 3. The van der Waals surface area contributed by atoms with Crippen molar-refractivity contribution in [3.8, 4) is 0 Å². The molecule has 0 bridgehead atoms. The van der Waals surface area contributed by atoms with Gasteiger partial charge in [-0.1, -0.05) is 13.8 Å². The Labute approximate surface area is 116 Å². The van der Waals surface area contributed by atoms with Gasteiger partial charge in [-0.25, -0.2) is 0 Å². The molecule has 0 aromatic heterocycles. The Hall–Kier alpha value is -0.610. The van der Waals surface area contributed by atoms with Gasteiger partial charge in [-0.05, 0) is 24.8 Å². The number of rotatable bonds is 3. The first-order chi connectivity index (χ1) is 9.06. The summed E-state index contributed by atoms with van der Waals surface area (Å²) in [6.45, 7) is 11.9. The van der Waals surface area contributed by atoms with E-state index in [2.05, 4.69) is 16.8 Å². The zero-order valence-electron chi connectivity index (χ0n) is 12.5. The molecular formula is C15H27N3O. The van der Waals surface area contributed by atoms with Crippen LogP contribution in [0.15, 0.2) is 0 Å². The van der Waals surface area contributed by atoms with Gasteiger partial charge in [0, 0.05) is 51.7 Å². The lowest BCUT2D eigenvalue weighted by Crippen LogP contribution is -2.50. The summed E-state index contributed by atoms with van der Waals surface area (Å²) in [5, 5.41) is 0. The van der Waals surface area contributed by atoms with Crippen molar-refractivity contribution in [2.24, 2.45) is 23.7 Å². The Kier molecular flexibility index (Phi) is 3.56. The molecule has 108 valence electrons. The molecule has 0 spiro atoms. The van der Waals surface area contributed by atoms with Crippen LogP contribution in [0, 0.1) is 23.7 Å². The Morgan fingerprint density at radius 3 is 2.21 bits per heavy atom. The standard InChI is InChI=1S/C15H27N3O/c1-11(2)15(19)18-6-4-17(5-7-18)10-14-12-8-16(3)9-13(12)14/h11-14H,4-10H2,1-3H3/t12-,13+,14?. The molecule has 1 amide bonds. The van der Waals surface area contributed by atoms with Crippen LogP contribution in [0.4, 0.5) is 0 Å². The molecule has 2 saturated heterocycles. The summed E-state index contributed by atoms with van der Waals surface area (Å²) in [6, 6.07) is 0. The van der Waals surface area contributed by atoms with Gasteiger partial charge in [0.2, 0.25) is 5.91 Å². The van der Waals surface area contributed by atoms with E-state index in [9.17, 15) is 4.79 Å². The molecule has 0 N–H and O–H groups in total. The third-order valence-corrected chi connectivity index (χ3v) is 5.20. The molecule has 3 fully saturated rings. The normalized spacial score (nSPS) is 35.8. The first-order valence-electron chi connectivity index (χ1n) is 7.76. The first kappa shape index (κ1) is 13.4. The highest BCUT2D eigenvalue weighted by Gasteiger charge is 2.54. The second kappa shape index (κ2) is 5.06. The summed E-state index contributed by atoms with van der Waals surface area (Å²) >= 11 is 0. The van der Waals surface area contributed by atoms with Gasteiger partial charge in [0.15, 0.2) is 0 Å². The van der Waals surface area contributed by atoms with Gasteiger partial charge < -0.3 is 9.80 Å². The van der Waals surface area contributed by atoms with Crippen molar-refractivity contribution in [2.45, 2.75) is 13.8 Å². The predicted molar refractivity (Wildman–Crippen MR) is 75.8 cm³/mol. The van der Waals surface area contributed by atoms with Crippen molar-refractivity contribution < 1.29 is 4.79 Å². The maximum Gasteiger partial charge on any atom is 0.225 e. The van der Waals surface area contributed by atoms with Crippen LogP contribution in [0.1, 0.15) is 13.8 Å². The highest BCUT2D eigenvalue weighted by atomic mass is 16.2. The van der Waals surface area contributed by atoms with Crippen molar-refractivity contribution in [2.75, 3.05) is 52.9 Å². The van der Waals surface area contributed by atoms with Crippen LogP contribution >= 0.6 is 0 Å². The van der Waals surface area contributed by atoms with Crippen molar-refractivity contribution in [3.05, 3.63) is 0 Å². The van der Waals surface area contributed by atoms with E-state index >= 15 is 0 Å². The summed E-state index contributed by atoms with van der Waals surface area (Å²) in [5.74, 6) is 3.36. The molecule has 3 aliphatic rings. The summed E-state index contributed by atoms with van der Waals surface area (Å²) < 4.78 is 0. The summed E-state index contributed by atoms with van der Waals surface area (Å²) in [5.41, 5.74) is 0. The summed E-state index contributed by atoms with van der Waals surface area (Å²) in [7, 11) is 2.24. The lowest BCUT2D eigenvalue weighted by Gasteiger charge is -2.36. The summed E-state index contributed by atoms with van der Waals surface area (Å²) in [6.07, 6.45) is 0. The number of piperazine rings is 1. The van der Waals surface area contributed by atoms with E-state index in [0.717, 1.165) is 43.9 Å². The van der Waals surface area contributed by atoms with E-state index in [1.807, 2.05) is 18.7 Å². The molecule has 3 atom stereocenters. The maximum atomic E-state index is 11.9. The summed E-state index contributed by atoms with van der Waals surface area (Å²) in [4.78, 5) is 19.0. The first-order valence-corrected chi connectivity index (χ1v) is 7.76. The zero-order valence-corrected chi connectivity index (χ0v) is 12.5. The van der Waals surface area contributed by atoms with E-state index < -0.39 is 0 Å². The Balaban J connectivity index is 1.41. The third-order valence-electron chi connectivity index (χ3n) is 5.20. The number of carbonyl (C=O) groups excluding carboxylic acids is 1. The van der Waals surface area contributed by atoms with Crippen molar-refractivity contribution in [1.82, 2.24) is 14.7 Å². The van der Waals surface area contributed by atoms with Gasteiger partial charge in [0.1, 0.15) is 0 Å². The molecule has 0 radical (unpaired) electrons. The molecule has 4 heteroatoms. The molecule has 4 nitrogen and oxygen atoms in total. The molecule has 2 aliphatic heterocycles. The minimum absolute atomic E-state index is 0.143. The number of carbonyl (C=O) groups is 1. The predicted octanol–water partition coefficient (Wildman–Crippen LogP) is 0.594. The molecule has 1 unspecified atom stereocenters. The van der Waals surface area contributed by atoms with E-state index in [4.69, 9.17) is 0 Å². The van der Waals surface area contributed by atoms with E-state index in [-0.39, 0.29) is 5.92 Å². The average Bonchev–Trinajstić information content (AvgIpc) is 2.84. The third kappa shape index (κ3) is 2.65. The van der Waals surface area contributed by atoms with Crippen molar-refractivity contribution in [3.63, 3.8) is 0 Å². The molecule has 3 rings (SSSR count). The van der Waals surface area contributed by atoms with Crippen LogP contribution in [-0.2, 0) is 4.79 Å². The van der Waals surface area contributed by atoms with Gasteiger partial charge in [0.05, 0.1) is 0 Å². The van der Waals surface area contributed by atoms with Gasteiger partial charge >= 0.3 is 0 Å². The van der Waals surface area contributed by atoms with Crippen LogP contribution < -0.4 is 0 Å². The van der Waals surface area contributed by atoms with Crippen molar-refractivity contribution >= 4 is 5.91 Å². The van der Waals surface area contributed by atoms with Gasteiger partial charge in [-0.2, -0.15) is 0 Å². The highest BCUT2D eigenvalue weighted by molar-refractivity contribution is 5.78. The average molecular weight is 265 g/mol. The molecule has 1 aliphatic carbocycles. The molecule has 0 aromatic rings. The fourth-order valence-electron chi connectivity index (χ4n) is 3.95. The monoisotopic (exact) mass is 265 g/mol. The van der Waals surface area contributed by atoms with E-state index in [1.165, 1.54) is 19.6 Å². The number of hydrogen-bond acceptors (Lipinski definition) is 3. The minimum Gasteiger partial charge on any atom is -0.340 e. The van der Waals surface area contributed by atoms with Gasteiger partial charge in [-0.15, -0.1) is 0 Å². The van der Waals surface area contributed by atoms with Crippen LogP contribution in [0.2, 0.25) is 0 Å². The fraction of sp³-hybridized carbons (Fsp3) is 0.933. The fourth-order valence-corrected chi connectivity index (χ4v) is 3.95. The number of piperidine rings is 1. The Morgan fingerprint density at radius 1 is 1.11 bits per heavy atom. The lowest BCUT2D eigenvalue weighted by atomic mass is 10.1. The number of likely N-dealkylation sites (tertiary alicyclic amines) is 1. The van der Waals surface area contributed by atoms with Crippen molar-refractivity contribution in [1.29, 1.82) is 0 Å². The quantitative estimate of drug-likeness (QED) is 0.747. The second-order valence-corrected chi connectivity index (χ2v) is 6.99. The van der Waals surface area contributed by atoms with Crippen LogP contribution in [0.25, 0.3) is 0 Å². The molecular weight excluding hydrogens is 238 g/mol. The number of amides is 1.